The molecule has 0 unspecified atom stereocenters. The van der Waals surface area contributed by atoms with Crippen LogP contribution in [0, 0.1) is 0 Å². The lowest BCUT2D eigenvalue weighted by Crippen LogP contribution is -2.49. The van der Waals surface area contributed by atoms with Crippen molar-refractivity contribution in [3.8, 4) is 0 Å². The number of hydrogen-bond acceptors (Lipinski definition) is 4. The van der Waals surface area contributed by atoms with Crippen LogP contribution in [0.15, 0.2) is 11.6 Å². The van der Waals surface area contributed by atoms with Gasteiger partial charge in [0, 0.05) is 44.3 Å². The Morgan fingerprint density at radius 2 is 1.84 bits per heavy atom. The maximum Gasteiger partial charge on any atom is 0.333 e. The normalized spacial score (nSPS) is 23.8. The molecule has 0 amide bonds. The van der Waals surface area contributed by atoms with Crippen LogP contribution >= 0.6 is 0 Å². The first kappa shape index (κ1) is 14.5. The lowest BCUT2D eigenvalue weighted by atomic mass is 10.2. The summed E-state index contributed by atoms with van der Waals surface area (Å²) in [4.78, 5) is 16.4. The Labute approximate surface area is 116 Å². The van der Waals surface area contributed by atoms with Crippen LogP contribution in [0.3, 0.4) is 0 Å². The number of carbonyl (C=O) groups is 1. The first-order valence-corrected chi connectivity index (χ1v) is 7.42. The standard InChI is InChI=1S/C15H26N2O2/c1-13(15(18)19-2)7-8-16-9-11-17(12-10-16)14-5-3-4-6-14/h7,14H,3-6,8-12H2,1-2H3. The van der Waals surface area contributed by atoms with Crippen molar-refractivity contribution in [2.45, 2.75) is 38.6 Å². The molecule has 0 N–H and O–H groups in total. The molecule has 1 heterocycles. The van der Waals surface area contributed by atoms with E-state index in [9.17, 15) is 4.79 Å². The molecule has 1 aliphatic carbocycles. The zero-order valence-corrected chi connectivity index (χ0v) is 12.2. The van der Waals surface area contributed by atoms with Gasteiger partial charge >= 0.3 is 5.97 Å². The minimum Gasteiger partial charge on any atom is -0.466 e. The van der Waals surface area contributed by atoms with E-state index in [-0.39, 0.29) is 5.97 Å². The highest BCUT2D eigenvalue weighted by Gasteiger charge is 2.25. The second-order valence-electron chi connectivity index (χ2n) is 5.65. The Kier molecular flexibility index (Phi) is 5.40. The average molecular weight is 266 g/mol. The summed E-state index contributed by atoms with van der Waals surface area (Å²) in [6, 6.07) is 0.842. The first-order valence-electron chi connectivity index (χ1n) is 7.42. The summed E-state index contributed by atoms with van der Waals surface area (Å²) >= 11 is 0. The highest BCUT2D eigenvalue weighted by molar-refractivity contribution is 5.87. The van der Waals surface area contributed by atoms with Gasteiger partial charge in [-0.25, -0.2) is 4.79 Å². The van der Waals surface area contributed by atoms with Crippen molar-refractivity contribution in [1.29, 1.82) is 0 Å². The van der Waals surface area contributed by atoms with Gasteiger partial charge in [0.2, 0.25) is 0 Å². The van der Waals surface area contributed by atoms with Gasteiger partial charge in [0.25, 0.3) is 0 Å². The van der Waals surface area contributed by atoms with E-state index in [1.807, 2.05) is 13.0 Å². The third kappa shape index (κ3) is 4.05. The summed E-state index contributed by atoms with van der Waals surface area (Å²) in [5.74, 6) is -0.218. The molecular formula is C15H26N2O2. The van der Waals surface area contributed by atoms with Crippen molar-refractivity contribution in [3.63, 3.8) is 0 Å². The quantitative estimate of drug-likeness (QED) is 0.572. The van der Waals surface area contributed by atoms with Gasteiger partial charge in [-0.3, -0.25) is 9.80 Å². The van der Waals surface area contributed by atoms with Gasteiger partial charge in [-0.15, -0.1) is 0 Å². The Hall–Kier alpha value is -0.870. The topological polar surface area (TPSA) is 32.8 Å². The van der Waals surface area contributed by atoms with Crippen LogP contribution < -0.4 is 0 Å². The third-order valence-electron chi connectivity index (χ3n) is 4.41. The molecule has 1 saturated carbocycles. The molecule has 2 rings (SSSR count). The van der Waals surface area contributed by atoms with Gasteiger partial charge in [-0.1, -0.05) is 18.9 Å². The number of ether oxygens (including phenoxy) is 1. The van der Waals surface area contributed by atoms with Crippen LogP contribution in [0.1, 0.15) is 32.6 Å². The van der Waals surface area contributed by atoms with Crippen molar-refractivity contribution in [1.82, 2.24) is 9.80 Å². The second-order valence-corrected chi connectivity index (χ2v) is 5.65. The Morgan fingerprint density at radius 1 is 1.21 bits per heavy atom. The summed E-state index contributed by atoms with van der Waals surface area (Å²) in [5, 5.41) is 0. The van der Waals surface area contributed by atoms with E-state index in [4.69, 9.17) is 4.74 Å². The molecule has 1 saturated heterocycles. The third-order valence-corrected chi connectivity index (χ3v) is 4.41. The fourth-order valence-electron chi connectivity index (χ4n) is 3.09. The van der Waals surface area contributed by atoms with Crippen LogP contribution in [0.2, 0.25) is 0 Å². The number of carbonyl (C=O) groups excluding carboxylic acids is 1. The SMILES string of the molecule is COC(=O)C(C)=CCN1CCN(C2CCCC2)CC1. The Balaban J connectivity index is 1.72. The minimum atomic E-state index is -0.218. The summed E-state index contributed by atoms with van der Waals surface area (Å²) in [5.41, 5.74) is 0.709. The largest absolute Gasteiger partial charge is 0.466 e. The summed E-state index contributed by atoms with van der Waals surface area (Å²) in [7, 11) is 1.43. The summed E-state index contributed by atoms with van der Waals surface area (Å²) < 4.78 is 4.70. The fraction of sp³-hybridized carbons (Fsp3) is 0.800. The van der Waals surface area contributed by atoms with E-state index >= 15 is 0 Å². The smallest absolute Gasteiger partial charge is 0.333 e. The molecule has 19 heavy (non-hydrogen) atoms. The number of rotatable bonds is 4. The van der Waals surface area contributed by atoms with Crippen molar-refractivity contribution < 1.29 is 9.53 Å². The zero-order chi connectivity index (χ0) is 13.7. The van der Waals surface area contributed by atoms with Crippen LogP contribution in [0.25, 0.3) is 0 Å². The van der Waals surface area contributed by atoms with E-state index in [0.29, 0.717) is 5.57 Å². The van der Waals surface area contributed by atoms with Crippen LogP contribution in [-0.2, 0) is 9.53 Å². The van der Waals surface area contributed by atoms with Gasteiger partial charge in [0.05, 0.1) is 7.11 Å². The van der Waals surface area contributed by atoms with E-state index in [1.165, 1.54) is 45.9 Å². The number of hydrogen-bond donors (Lipinski definition) is 0. The molecule has 0 bridgehead atoms. The van der Waals surface area contributed by atoms with Crippen molar-refractivity contribution in [2.75, 3.05) is 39.8 Å². The van der Waals surface area contributed by atoms with Crippen LogP contribution in [0.5, 0.6) is 0 Å². The molecule has 2 aliphatic rings. The monoisotopic (exact) mass is 266 g/mol. The fourth-order valence-corrected chi connectivity index (χ4v) is 3.09. The molecule has 108 valence electrons. The van der Waals surface area contributed by atoms with E-state index in [0.717, 1.165) is 25.7 Å². The van der Waals surface area contributed by atoms with Crippen LogP contribution in [0.4, 0.5) is 0 Å². The predicted molar refractivity (Wildman–Crippen MR) is 76.0 cm³/mol. The van der Waals surface area contributed by atoms with E-state index in [1.54, 1.807) is 0 Å². The van der Waals surface area contributed by atoms with Gasteiger partial charge in [0.15, 0.2) is 0 Å². The average Bonchev–Trinajstić information content (AvgIpc) is 2.98. The molecule has 4 nitrogen and oxygen atoms in total. The number of nitrogens with zero attached hydrogens (tertiary/aromatic N) is 2. The number of esters is 1. The Bertz CT molecular complexity index is 327. The molecule has 1 aliphatic heterocycles. The molecule has 0 aromatic carbocycles. The van der Waals surface area contributed by atoms with Gasteiger partial charge in [0.1, 0.15) is 0 Å². The summed E-state index contributed by atoms with van der Waals surface area (Å²) in [6.45, 7) is 7.26. The molecule has 0 aromatic rings. The Morgan fingerprint density at radius 3 is 2.42 bits per heavy atom. The molecular weight excluding hydrogens is 240 g/mol. The van der Waals surface area contributed by atoms with Gasteiger partial charge in [-0.05, 0) is 19.8 Å². The number of methoxy groups -OCH3 is 1. The molecule has 0 radical (unpaired) electrons. The van der Waals surface area contributed by atoms with E-state index in [2.05, 4.69) is 9.80 Å². The van der Waals surface area contributed by atoms with Gasteiger partial charge < -0.3 is 4.74 Å². The molecule has 2 fully saturated rings. The van der Waals surface area contributed by atoms with Crippen molar-refractivity contribution in [3.05, 3.63) is 11.6 Å². The molecule has 0 atom stereocenters. The first-order chi connectivity index (χ1) is 9.20. The molecule has 0 aromatic heterocycles. The summed E-state index contributed by atoms with van der Waals surface area (Å²) in [6.07, 6.45) is 7.58. The second kappa shape index (κ2) is 7.06. The minimum absolute atomic E-state index is 0.218. The maximum atomic E-state index is 11.3. The van der Waals surface area contributed by atoms with Crippen LogP contribution in [-0.4, -0.2) is 61.6 Å². The zero-order valence-electron chi connectivity index (χ0n) is 12.2. The molecule has 0 spiro atoms. The highest BCUT2D eigenvalue weighted by Crippen LogP contribution is 2.24. The predicted octanol–water partition coefficient (Wildman–Crippen LogP) is 1.67. The maximum absolute atomic E-state index is 11.3. The molecule has 4 heteroatoms. The lowest BCUT2D eigenvalue weighted by molar-refractivity contribution is -0.136. The lowest BCUT2D eigenvalue weighted by Gasteiger charge is -2.37. The van der Waals surface area contributed by atoms with E-state index < -0.39 is 0 Å². The van der Waals surface area contributed by atoms with Crippen molar-refractivity contribution in [2.24, 2.45) is 0 Å². The van der Waals surface area contributed by atoms with Gasteiger partial charge in [-0.2, -0.15) is 0 Å². The highest BCUT2D eigenvalue weighted by atomic mass is 16.5. The van der Waals surface area contributed by atoms with Crippen molar-refractivity contribution >= 4 is 5.97 Å². The number of piperazine rings is 1.